The van der Waals surface area contributed by atoms with E-state index in [2.05, 4.69) is 41.8 Å². The summed E-state index contributed by atoms with van der Waals surface area (Å²) in [6.45, 7) is 17.0. The molecule has 7 rings (SSSR count). The minimum Gasteiger partial charge on any atom is -0.495 e. The molecule has 18 nitrogen and oxygen atoms in total. The summed E-state index contributed by atoms with van der Waals surface area (Å²) in [5.41, 5.74) is 6.16. The molecule has 4 N–H and O–H groups in total. The number of anilines is 2. The van der Waals surface area contributed by atoms with Crippen molar-refractivity contribution < 1.29 is 43.2 Å². The molecular formula is C60H79Cl2N9O9S. The molecule has 2 saturated heterocycles. The number of rotatable bonds is 30. The van der Waals surface area contributed by atoms with Gasteiger partial charge in [-0.2, -0.15) is 5.26 Å². The maximum atomic E-state index is 14.0. The third-order valence-corrected chi connectivity index (χ3v) is 16.2. The third kappa shape index (κ3) is 18.1. The van der Waals surface area contributed by atoms with Gasteiger partial charge in [0.2, 0.25) is 17.7 Å². The lowest BCUT2D eigenvalue weighted by Gasteiger charge is -2.35. The predicted molar refractivity (Wildman–Crippen MR) is 318 cm³/mol. The second-order valence-electron chi connectivity index (χ2n) is 21.7. The van der Waals surface area contributed by atoms with Gasteiger partial charge in [0.05, 0.1) is 88.7 Å². The zero-order chi connectivity index (χ0) is 57.9. The highest BCUT2D eigenvalue weighted by Gasteiger charge is 2.44. The molecule has 0 saturated carbocycles. The number of piperazine rings is 1. The molecule has 2 aromatic heterocycles. The third-order valence-electron chi connectivity index (χ3n) is 14.7. The predicted octanol–water partition coefficient (Wildman–Crippen LogP) is 9.57. The molecule has 3 amide bonds. The van der Waals surface area contributed by atoms with Crippen molar-refractivity contribution in [3.8, 4) is 33.8 Å². The number of carbonyl (C=O) groups is 3. The van der Waals surface area contributed by atoms with Crippen molar-refractivity contribution in [1.82, 2.24) is 35.3 Å². The van der Waals surface area contributed by atoms with Gasteiger partial charge >= 0.3 is 0 Å². The number of ether oxygens (including phenoxy) is 5. The number of amides is 3. The number of β-amino-alcohol motifs (C(OH)–C–C–N with tert-alkyl or cyclic N) is 1. The fourth-order valence-electron chi connectivity index (χ4n) is 10.0. The lowest BCUT2D eigenvalue weighted by atomic mass is 9.85. The monoisotopic (exact) mass is 1170 g/mol. The number of hydrogen-bond donors (Lipinski definition) is 4. The van der Waals surface area contributed by atoms with Gasteiger partial charge in [-0.1, -0.05) is 74.7 Å². The number of thiazole rings is 1. The van der Waals surface area contributed by atoms with Crippen molar-refractivity contribution in [2.24, 2.45) is 5.41 Å². The number of likely N-dealkylation sites (tertiary alicyclic amines) is 1. The molecule has 0 unspecified atom stereocenters. The van der Waals surface area contributed by atoms with Crippen LogP contribution in [0.4, 0.5) is 11.4 Å². The summed E-state index contributed by atoms with van der Waals surface area (Å²) in [6.07, 6.45) is 7.45. The molecule has 0 bridgehead atoms. The number of unbranched alkanes of at least 4 members (excludes halogenated alkanes) is 4. The van der Waals surface area contributed by atoms with Gasteiger partial charge in [0, 0.05) is 95.6 Å². The van der Waals surface area contributed by atoms with E-state index in [4.69, 9.17) is 46.9 Å². The normalized spacial score (nSPS) is 16.3. The Balaban J connectivity index is 0.694. The van der Waals surface area contributed by atoms with Crippen LogP contribution in [-0.2, 0) is 30.4 Å². The molecule has 2 aliphatic heterocycles. The number of nitriles is 1. The number of methoxy groups -OCH3 is 2. The second kappa shape index (κ2) is 31.0. The van der Waals surface area contributed by atoms with Gasteiger partial charge in [-0.15, -0.1) is 11.3 Å². The van der Waals surface area contributed by atoms with E-state index in [1.807, 2.05) is 69.6 Å². The van der Waals surface area contributed by atoms with Gasteiger partial charge in [0.25, 0.3) is 0 Å². The number of nitrogens with zero attached hydrogens (tertiary/aromatic N) is 6. The van der Waals surface area contributed by atoms with Crippen molar-refractivity contribution in [3.05, 3.63) is 87.1 Å². The van der Waals surface area contributed by atoms with Crippen molar-refractivity contribution >= 4 is 74.5 Å². The number of aliphatic hydroxyl groups excluding tert-OH is 1. The quantitative estimate of drug-likeness (QED) is 0.0315. The number of aliphatic hydroxyl groups is 1. The van der Waals surface area contributed by atoms with Crippen LogP contribution in [0.15, 0.2) is 60.2 Å². The Morgan fingerprint density at radius 1 is 0.827 bits per heavy atom. The fraction of sp³-hybridized carbons (Fsp3) is 0.533. The van der Waals surface area contributed by atoms with Crippen LogP contribution in [0.3, 0.4) is 0 Å². The van der Waals surface area contributed by atoms with Crippen LogP contribution in [0, 0.1) is 23.7 Å². The second-order valence-corrected chi connectivity index (χ2v) is 23.4. The summed E-state index contributed by atoms with van der Waals surface area (Å²) in [5, 5.41) is 31.1. The van der Waals surface area contributed by atoms with Crippen LogP contribution in [-0.4, -0.2) is 159 Å². The zero-order valence-electron chi connectivity index (χ0n) is 47.6. The number of carbonyl (C=O) groups excluding carboxylic acids is 3. The van der Waals surface area contributed by atoms with E-state index in [1.54, 1.807) is 30.6 Å². The SMILES string of the molecule is COc1cc(Nc2c(C#N)cnc3cc(OCCCN4CCN(CCCCCOCCOCCCCCC(=O)N[C@H](C(=O)N5C[C@H](O)C[C@H]5C(=O)NCc5ccc(-c6scnc6C)cc5)C(C)(C)C)CC4)c(OC)cc23)c(Cl)cc1Cl. The van der Waals surface area contributed by atoms with Gasteiger partial charge in [0.1, 0.15) is 23.9 Å². The molecule has 0 radical (unpaired) electrons. The van der Waals surface area contributed by atoms with Crippen molar-refractivity contribution in [2.75, 3.05) is 98.4 Å². The first-order chi connectivity index (χ1) is 39.1. The molecule has 4 heterocycles. The van der Waals surface area contributed by atoms with Gasteiger partial charge in [-0.3, -0.25) is 19.4 Å². The van der Waals surface area contributed by atoms with Crippen LogP contribution in [0.5, 0.6) is 17.2 Å². The van der Waals surface area contributed by atoms with E-state index in [1.165, 1.54) is 18.2 Å². The largest absolute Gasteiger partial charge is 0.495 e. The van der Waals surface area contributed by atoms with Crippen LogP contribution in [0.1, 0.15) is 95.4 Å². The summed E-state index contributed by atoms with van der Waals surface area (Å²) < 4.78 is 29.0. The first kappa shape index (κ1) is 62.8. The zero-order valence-corrected chi connectivity index (χ0v) is 50.0. The number of pyridine rings is 1. The lowest BCUT2D eigenvalue weighted by Crippen LogP contribution is -2.57. The van der Waals surface area contributed by atoms with E-state index in [0.29, 0.717) is 94.6 Å². The van der Waals surface area contributed by atoms with Crippen LogP contribution >= 0.6 is 34.5 Å². The Morgan fingerprint density at radius 3 is 2.15 bits per heavy atom. The Labute approximate surface area is 490 Å². The average molecular weight is 1170 g/mol. The van der Waals surface area contributed by atoms with Crippen LogP contribution in [0.25, 0.3) is 21.3 Å². The lowest BCUT2D eigenvalue weighted by molar-refractivity contribution is -0.144. The summed E-state index contributed by atoms with van der Waals surface area (Å²) in [6, 6.07) is 15.4. The van der Waals surface area contributed by atoms with Crippen molar-refractivity contribution in [3.63, 3.8) is 0 Å². The molecule has 5 aromatic rings. The van der Waals surface area contributed by atoms with E-state index in [-0.39, 0.29) is 43.7 Å². The first-order valence-corrected chi connectivity index (χ1v) is 29.7. The number of halogens is 2. The average Bonchev–Trinajstić information content (AvgIpc) is 4.28. The van der Waals surface area contributed by atoms with E-state index in [9.17, 15) is 24.8 Å². The Bertz CT molecular complexity index is 2910. The van der Waals surface area contributed by atoms with Gasteiger partial charge in [-0.25, -0.2) is 4.98 Å². The van der Waals surface area contributed by atoms with Crippen LogP contribution in [0.2, 0.25) is 10.0 Å². The fourth-order valence-corrected chi connectivity index (χ4v) is 11.4. The van der Waals surface area contributed by atoms with Gasteiger partial charge in [-0.05, 0) is 80.7 Å². The van der Waals surface area contributed by atoms with E-state index in [0.717, 1.165) is 99.5 Å². The van der Waals surface area contributed by atoms with Gasteiger partial charge in [0.15, 0.2) is 11.5 Å². The molecule has 0 aliphatic carbocycles. The smallest absolute Gasteiger partial charge is 0.246 e. The highest BCUT2D eigenvalue weighted by atomic mass is 35.5. The molecule has 3 aromatic carbocycles. The molecule has 21 heteroatoms. The Hall–Kier alpha value is -5.82. The number of aromatic nitrogens is 2. The highest BCUT2D eigenvalue weighted by Crippen LogP contribution is 2.41. The summed E-state index contributed by atoms with van der Waals surface area (Å²) in [4.78, 5) is 57.1. The minimum absolute atomic E-state index is 0.0260. The van der Waals surface area contributed by atoms with Gasteiger partial charge < -0.3 is 59.4 Å². The summed E-state index contributed by atoms with van der Waals surface area (Å²) >= 11 is 14.3. The van der Waals surface area contributed by atoms with Crippen LogP contribution < -0.4 is 30.2 Å². The molecule has 2 aliphatic rings. The number of fused-ring (bicyclic) bond motifs is 1. The van der Waals surface area contributed by atoms with Crippen molar-refractivity contribution in [1.29, 1.82) is 5.26 Å². The number of hydrogen-bond acceptors (Lipinski definition) is 16. The maximum Gasteiger partial charge on any atom is 0.246 e. The molecule has 2 fully saturated rings. The molecule has 0 spiro atoms. The highest BCUT2D eigenvalue weighted by molar-refractivity contribution is 7.13. The maximum absolute atomic E-state index is 14.0. The molecular weight excluding hydrogens is 1090 g/mol. The number of benzene rings is 3. The first-order valence-electron chi connectivity index (χ1n) is 28.1. The van der Waals surface area contributed by atoms with E-state index >= 15 is 0 Å². The topological polar surface area (TPSA) is 213 Å². The van der Waals surface area contributed by atoms with E-state index < -0.39 is 23.6 Å². The summed E-state index contributed by atoms with van der Waals surface area (Å²) in [5.74, 6) is 0.620. The standard InChI is InChI=1S/C60H79Cl2N9O9S/c1-40-56(81-39-66-40)42-17-15-41(16-18-42)36-65-58(74)50-30-44(72)38-71(50)59(75)57(60(2,3)4)68-54(73)14-9-7-11-25-78-28-29-79-26-12-8-10-19-69-21-23-70(24-22-69)20-13-27-80-53-33-48-45(31-52(53)77-6)55(43(35-63)37-64-48)67-49-34-51(76-5)47(62)32-46(49)61/h15-18,31-34,37,39,44,50,57,72H,7-14,19-30,36,38H2,1-6H3,(H,64,67)(H,65,74)(H,68,73)/t44-,50+,57-/m1/s1. The molecule has 3 atom stereocenters. The molecule has 438 valence electrons. The number of nitrogens with one attached hydrogen (secondary N) is 3. The summed E-state index contributed by atoms with van der Waals surface area (Å²) in [7, 11) is 3.11. The minimum atomic E-state index is -0.864. The van der Waals surface area contributed by atoms with Crippen molar-refractivity contribution in [2.45, 2.75) is 110 Å². The molecule has 81 heavy (non-hydrogen) atoms. The Morgan fingerprint density at radius 2 is 1.51 bits per heavy atom. The number of aryl methyl sites for hydroxylation is 1. The Kier molecular flexibility index (Phi) is 24.0.